The van der Waals surface area contributed by atoms with Gasteiger partial charge in [0.05, 0.1) is 20.8 Å². The van der Waals surface area contributed by atoms with Gasteiger partial charge in [-0.25, -0.2) is 4.79 Å². The van der Waals surface area contributed by atoms with Gasteiger partial charge in [-0.15, -0.1) is 0 Å². The molecule has 1 N–H and O–H groups in total. The molecule has 57 heavy (non-hydrogen) atoms. The van der Waals surface area contributed by atoms with Crippen LogP contribution in [0.15, 0.2) is 36.4 Å². The summed E-state index contributed by atoms with van der Waals surface area (Å²) in [6.07, 6.45) is 34.2. The lowest BCUT2D eigenvalue weighted by atomic mass is 10.0. The molecule has 2 atom stereocenters. The van der Waals surface area contributed by atoms with Gasteiger partial charge in [-0.05, 0) is 42.3 Å². The van der Waals surface area contributed by atoms with E-state index in [0.29, 0.717) is 23.7 Å². The SMILES string of the molecule is CCCCCCCCCCCCCCCCCCCCCCCCCCOC(=O)C=Cc1ccc2c(c1)OC(c1cc(OC)c(O)c(OC)c1)C(COC(C)=O)O2. The van der Waals surface area contributed by atoms with Gasteiger partial charge in [0.15, 0.2) is 35.2 Å². The zero-order valence-corrected chi connectivity index (χ0v) is 35.8. The lowest BCUT2D eigenvalue weighted by Crippen LogP contribution is -2.37. The molecule has 0 aliphatic carbocycles. The molecule has 0 saturated carbocycles. The third-order valence-corrected chi connectivity index (χ3v) is 10.8. The van der Waals surface area contributed by atoms with Crippen molar-refractivity contribution in [1.82, 2.24) is 0 Å². The number of ether oxygens (including phenoxy) is 6. The van der Waals surface area contributed by atoms with E-state index in [-0.39, 0.29) is 29.8 Å². The monoisotopic (exact) mass is 795 g/mol. The number of phenolic OH excluding ortho intramolecular Hbond substituents is 1. The highest BCUT2D eigenvalue weighted by molar-refractivity contribution is 5.87. The van der Waals surface area contributed by atoms with Gasteiger partial charge in [0.2, 0.25) is 5.75 Å². The summed E-state index contributed by atoms with van der Waals surface area (Å²) >= 11 is 0. The summed E-state index contributed by atoms with van der Waals surface area (Å²) in [5, 5.41) is 10.4. The van der Waals surface area contributed by atoms with E-state index in [2.05, 4.69) is 6.92 Å². The van der Waals surface area contributed by atoms with Gasteiger partial charge in [0, 0.05) is 18.6 Å². The molecule has 1 heterocycles. The van der Waals surface area contributed by atoms with Crippen LogP contribution in [0.5, 0.6) is 28.7 Å². The van der Waals surface area contributed by atoms with Crippen molar-refractivity contribution < 1.29 is 43.1 Å². The van der Waals surface area contributed by atoms with Crippen molar-refractivity contribution in [3.8, 4) is 28.7 Å². The highest BCUT2D eigenvalue weighted by atomic mass is 16.6. The molecule has 0 saturated heterocycles. The van der Waals surface area contributed by atoms with Gasteiger partial charge in [-0.2, -0.15) is 0 Å². The standard InChI is InChI=1S/C48H74O9/c1-5-6-7-8-9-10-11-12-13-14-15-16-17-18-19-20-21-22-23-24-25-26-27-28-33-54-46(50)32-30-39-29-31-41-42(34-39)57-48(45(56-41)37-55-38(2)49)40-35-43(52-3)47(51)44(36-40)53-4/h29-32,34-36,45,48,51H,5-28,33,37H2,1-4H3. The Morgan fingerprint density at radius 1 is 0.632 bits per heavy atom. The first-order valence-electron chi connectivity index (χ1n) is 22.3. The van der Waals surface area contributed by atoms with E-state index in [0.717, 1.165) is 18.4 Å². The summed E-state index contributed by atoms with van der Waals surface area (Å²) in [4.78, 5) is 24.0. The number of methoxy groups -OCH3 is 2. The van der Waals surface area contributed by atoms with E-state index in [4.69, 9.17) is 28.4 Å². The molecule has 2 aromatic carbocycles. The van der Waals surface area contributed by atoms with Crippen molar-refractivity contribution in [3.63, 3.8) is 0 Å². The van der Waals surface area contributed by atoms with Gasteiger partial charge in [-0.1, -0.05) is 161 Å². The van der Waals surface area contributed by atoms with Crippen molar-refractivity contribution in [3.05, 3.63) is 47.5 Å². The number of hydrogen-bond acceptors (Lipinski definition) is 9. The Morgan fingerprint density at radius 3 is 1.56 bits per heavy atom. The third-order valence-electron chi connectivity index (χ3n) is 10.8. The average Bonchev–Trinajstić information content (AvgIpc) is 3.21. The first-order chi connectivity index (χ1) is 27.9. The molecule has 2 unspecified atom stereocenters. The molecular formula is C48H74O9. The number of esters is 2. The summed E-state index contributed by atoms with van der Waals surface area (Å²) < 4.78 is 34.0. The van der Waals surface area contributed by atoms with Crippen LogP contribution in [-0.4, -0.2) is 50.6 Å². The van der Waals surface area contributed by atoms with Gasteiger partial charge in [0.1, 0.15) is 6.61 Å². The fourth-order valence-electron chi connectivity index (χ4n) is 7.39. The highest BCUT2D eigenvalue weighted by Crippen LogP contribution is 2.44. The number of unbranched alkanes of at least 4 members (excludes halogenated alkanes) is 23. The van der Waals surface area contributed by atoms with Crippen molar-refractivity contribution in [2.24, 2.45) is 0 Å². The number of rotatable bonds is 32. The van der Waals surface area contributed by atoms with E-state index in [1.807, 2.05) is 6.07 Å². The summed E-state index contributed by atoms with van der Waals surface area (Å²) in [7, 11) is 2.88. The van der Waals surface area contributed by atoms with Crippen LogP contribution in [0.25, 0.3) is 6.08 Å². The molecule has 0 fully saturated rings. The number of benzene rings is 2. The molecule has 2 aromatic rings. The minimum atomic E-state index is -0.724. The number of aromatic hydroxyl groups is 1. The lowest BCUT2D eigenvalue weighted by molar-refractivity contribution is -0.146. The van der Waals surface area contributed by atoms with E-state index >= 15 is 0 Å². The topological polar surface area (TPSA) is 110 Å². The highest BCUT2D eigenvalue weighted by Gasteiger charge is 2.35. The van der Waals surface area contributed by atoms with Crippen molar-refractivity contribution >= 4 is 18.0 Å². The normalized spacial score (nSPS) is 14.8. The van der Waals surface area contributed by atoms with Crippen LogP contribution < -0.4 is 18.9 Å². The Labute approximate surface area is 344 Å². The predicted molar refractivity (Wildman–Crippen MR) is 229 cm³/mol. The molecule has 1 aliphatic rings. The van der Waals surface area contributed by atoms with Gasteiger partial charge >= 0.3 is 11.9 Å². The molecule has 9 nitrogen and oxygen atoms in total. The molecule has 1 aliphatic heterocycles. The Bertz CT molecular complexity index is 1410. The Morgan fingerprint density at radius 2 is 1.11 bits per heavy atom. The zero-order chi connectivity index (χ0) is 40.9. The van der Waals surface area contributed by atoms with Crippen LogP contribution >= 0.6 is 0 Å². The van der Waals surface area contributed by atoms with Crippen molar-refractivity contribution in [2.45, 2.75) is 180 Å². The molecule has 3 rings (SSSR count). The minimum absolute atomic E-state index is 0.0575. The van der Waals surface area contributed by atoms with Crippen LogP contribution in [0, 0.1) is 0 Å². The maximum atomic E-state index is 12.4. The Hall–Kier alpha value is -3.88. The second kappa shape index (κ2) is 29.4. The summed E-state index contributed by atoms with van der Waals surface area (Å²) in [6, 6.07) is 8.57. The molecule has 320 valence electrons. The number of phenols is 1. The van der Waals surface area contributed by atoms with E-state index in [1.165, 1.54) is 168 Å². The smallest absolute Gasteiger partial charge is 0.330 e. The molecule has 0 amide bonds. The number of carbonyl (C=O) groups excluding carboxylic acids is 2. The zero-order valence-electron chi connectivity index (χ0n) is 35.8. The first kappa shape index (κ1) is 47.5. The van der Waals surface area contributed by atoms with Crippen molar-refractivity contribution in [1.29, 1.82) is 0 Å². The Kier molecular flexibility index (Phi) is 24.5. The molecule has 0 aromatic heterocycles. The summed E-state index contributed by atoms with van der Waals surface area (Å²) in [5.41, 5.74) is 1.32. The van der Waals surface area contributed by atoms with Crippen molar-refractivity contribution in [2.75, 3.05) is 27.4 Å². The fraction of sp³-hybridized carbons (Fsp3) is 0.667. The van der Waals surface area contributed by atoms with E-state index in [9.17, 15) is 14.7 Å². The second-order valence-corrected chi connectivity index (χ2v) is 15.6. The Balaban J connectivity index is 1.22. The van der Waals surface area contributed by atoms with Crippen LogP contribution in [-0.2, 0) is 19.1 Å². The van der Waals surface area contributed by atoms with Gasteiger partial charge < -0.3 is 33.5 Å². The van der Waals surface area contributed by atoms with E-state index in [1.54, 1.807) is 30.3 Å². The molecule has 0 bridgehead atoms. The largest absolute Gasteiger partial charge is 0.502 e. The first-order valence-corrected chi connectivity index (χ1v) is 22.3. The summed E-state index contributed by atoms with van der Waals surface area (Å²) in [6.45, 7) is 3.97. The molecular weight excluding hydrogens is 721 g/mol. The van der Waals surface area contributed by atoms with Crippen LogP contribution in [0.3, 0.4) is 0 Å². The lowest BCUT2D eigenvalue weighted by Gasteiger charge is -2.34. The number of hydrogen-bond donors (Lipinski definition) is 1. The van der Waals surface area contributed by atoms with Gasteiger partial charge in [0.25, 0.3) is 0 Å². The molecule has 0 spiro atoms. The maximum absolute atomic E-state index is 12.4. The van der Waals surface area contributed by atoms with Crippen LogP contribution in [0.2, 0.25) is 0 Å². The van der Waals surface area contributed by atoms with Gasteiger partial charge in [-0.3, -0.25) is 4.79 Å². The third kappa shape index (κ3) is 19.4. The number of carbonyl (C=O) groups is 2. The predicted octanol–water partition coefficient (Wildman–Crippen LogP) is 12.8. The second-order valence-electron chi connectivity index (χ2n) is 15.6. The van der Waals surface area contributed by atoms with E-state index < -0.39 is 18.2 Å². The maximum Gasteiger partial charge on any atom is 0.330 e. The van der Waals surface area contributed by atoms with Crippen LogP contribution in [0.1, 0.15) is 185 Å². The summed E-state index contributed by atoms with van der Waals surface area (Å²) in [5.74, 6) is 0.339. The van der Waals surface area contributed by atoms with Crippen LogP contribution in [0.4, 0.5) is 0 Å². The molecule has 9 heteroatoms. The minimum Gasteiger partial charge on any atom is -0.502 e. The average molecular weight is 795 g/mol. The fourth-order valence-corrected chi connectivity index (χ4v) is 7.39. The quantitative estimate of drug-likeness (QED) is 0.0440. The molecule has 0 radical (unpaired) electrons. The number of fused-ring (bicyclic) bond motifs is 1.